The van der Waals surface area contributed by atoms with Gasteiger partial charge in [-0.3, -0.25) is 4.79 Å². The van der Waals surface area contributed by atoms with Crippen molar-refractivity contribution in [3.8, 4) is 0 Å². The molecule has 29 heavy (non-hydrogen) atoms. The van der Waals surface area contributed by atoms with Gasteiger partial charge in [0.2, 0.25) is 0 Å². The average molecular weight is 404 g/mol. The highest BCUT2D eigenvalue weighted by Crippen LogP contribution is 2.48. The molecule has 158 valence electrons. The van der Waals surface area contributed by atoms with Gasteiger partial charge >= 0.3 is 5.97 Å². The lowest BCUT2D eigenvalue weighted by Crippen LogP contribution is -2.56. The molecule has 7 atom stereocenters. The third-order valence-electron chi connectivity index (χ3n) is 5.96. The fourth-order valence-electron chi connectivity index (χ4n) is 4.62. The van der Waals surface area contributed by atoms with Crippen LogP contribution in [-0.4, -0.2) is 54.9 Å². The molecule has 0 N–H and O–H groups in total. The molecule has 7 nitrogen and oxygen atoms in total. The van der Waals surface area contributed by atoms with Crippen molar-refractivity contribution in [2.45, 2.75) is 82.3 Å². The van der Waals surface area contributed by atoms with Crippen LogP contribution in [0.5, 0.6) is 0 Å². The standard InChI is InChI=1S/C22H28O7/c1-21(2)26-16-15(25-20-18(17(16)27-21)28-22(3,4)29-20)11-24-19(23)14-10-13(14)12-8-6-5-7-9-12/h5-9,13-18,20H,10-11H2,1-4H3/t13-,14+,15+,16-,17-,18+,20+/m1/s1. The molecular formula is C22H28O7. The Bertz CT molecular complexity index is 777. The van der Waals surface area contributed by atoms with E-state index in [1.165, 1.54) is 5.56 Å². The molecule has 0 bridgehead atoms. The first-order valence-corrected chi connectivity index (χ1v) is 10.3. The SMILES string of the molecule is CC1(C)O[C@@H]2O[C@@H](COC(=O)[C@H]3C[C@@H]3c3ccccc3)[C@H]3OC(C)(C)O[C@H]3[C@@H]2O1. The highest BCUT2D eigenvalue weighted by atomic mass is 16.9. The molecule has 3 heterocycles. The van der Waals surface area contributed by atoms with E-state index in [9.17, 15) is 4.79 Å². The molecule has 1 aromatic carbocycles. The number of carbonyl (C=O) groups excluding carboxylic acids is 1. The number of ether oxygens (including phenoxy) is 6. The van der Waals surface area contributed by atoms with Gasteiger partial charge in [0, 0.05) is 0 Å². The second kappa shape index (κ2) is 6.75. The summed E-state index contributed by atoms with van der Waals surface area (Å²) in [6.07, 6.45) is -1.34. The molecule has 0 spiro atoms. The van der Waals surface area contributed by atoms with Crippen molar-refractivity contribution < 1.29 is 33.2 Å². The summed E-state index contributed by atoms with van der Waals surface area (Å²) < 4.78 is 35.7. The molecule has 4 aliphatic rings. The summed E-state index contributed by atoms with van der Waals surface area (Å²) in [6, 6.07) is 10.1. The quantitative estimate of drug-likeness (QED) is 0.715. The molecule has 3 aliphatic heterocycles. The van der Waals surface area contributed by atoms with Gasteiger partial charge < -0.3 is 28.4 Å². The van der Waals surface area contributed by atoms with Gasteiger partial charge in [0.1, 0.15) is 31.0 Å². The molecule has 0 amide bonds. The zero-order valence-corrected chi connectivity index (χ0v) is 17.2. The van der Waals surface area contributed by atoms with Gasteiger partial charge in [-0.25, -0.2) is 0 Å². The number of hydrogen-bond donors (Lipinski definition) is 0. The van der Waals surface area contributed by atoms with Gasteiger partial charge in [-0.2, -0.15) is 0 Å². The Morgan fingerprint density at radius 1 is 0.966 bits per heavy atom. The van der Waals surface area contributed by atoms with Crippen molar-refractivity contribution in [3.63, 3.8) is 0 Å². The summed E-state index contributed by atoms with van der Waals surface area (Å²) >= 11 is 0. The number of benzene rings is 1. The Morgan fingerprint density at radius 3 is 2.38 bits per heavy atom. The average Bonchev–Trinajstić information content (AvgIpc) is 3.30. The third-order valence-corrected chi connectivity index (χ3v) is 5.96. The predicted octanol–water partition coefficient (Wildman–Crippen LogP) is 2.73. The van der Waals surface area contributed by atoms with E-state index in [1.807, 2.05) is 45.9 Å². The third kappa shape index (κ3) is 3.70. The van der Waals surface area contributed by atoms with Crippen molar-refractivity contribution in [2.24, 2.45) is 5.92 Å². The Hall–Kier alpha value is -1.51. The fourth-order valence-corrected chi connectivity index (χ4v) is 4.62. The van der Waals surface area contributed by atoms with E-state index in [0.717, 1.165) is 6.42 Å². The largest absolute Gasteiger partial charge is 0.463 e. The first-order valence-electron chi connectivity index (χ1n) is 10.3. The van der Waals surface area contributed by atoms with E-state index in [0.29, 0.717) is 0 Å². The van der Waals surface area contributed by atoms with Gasteiger partial charge in [0.15, 0.2) is 17.9 Å². The van der Waals surface area contributed by atoms with Crippen LogP contribution in [0, 0.1) is 5.92 Å². The van der Waals surface area contributed by atoms with E-state index < -0.39 is 24.0 Å². The number of carbonyl (C=O) groups is 1. The van der Waals surface area contributed by atoms with Gasteiger partial charge in [0.05, 0.1) is 5.92 Å². The lowest BCUT2D eigenvalue weighted by Gasteiger charge is -2.36. The Kier molecular flexibility index (Phi) is 4.53. The molecule has 4 fully saturated rings. The molecule has 1 aliphatic carbocycles. The zero-order valence-electron chi connectivity index (χ0n) is 17.2. The number of hydrogen-bond acceptors (Lipinski definition) is 7. The van der Waals surface area contributed by atoms with Crippen molar-refractivity contribution in [3.05, 3.63) is 35.9 Å². The van der Waals surface area contributed by atoms with Crippen LogP contribution >= 0.6 is 0 Å². The summed E-state index contributed by atoms with van der Waals surface area (Å²) in [6.45, 7) is 7.51. The van der Waals surface area contributed by atoms with Crippen molar-refractivity contribution >= 4 is 5.97 Å². The maximum atomic E-state index is 12.6. The van der Waals surface area contributed by atoms with E-state index in [1.54, 1.807) is 0 Å². The van der Waals surface area contributed by atoms with E-state index in [-0.39, 0.29) is 42.7 Å². The summed E-state index contributed by atoms with van der Waals surface area (Å²) in [5, 5.41) is 0. The van der Waals surface area contributed by atoms with Crippen LogP contribution in [-0.2, 0) is 33.2 Å². The minimum Gasteiger partial charge on any atom is -0.463 e. The van der Waals surface area contributed by atoms with Gasteiger partial charge in [-0.05, 0) is 45.6 Å². The summed E-state index contributed by atoms with van der Waals surface area (Å²) in [5.41, 5.74) is 1.18. The molecule has 0 radical (unpaired) electrons. The van der Waals surface area contributed by atoms with Gasteiger partial charge in [-0.15, -0.1) is 0 Å². The minimum absolute atomic E-state index is 0.0910. The molecule has 1 saturated carbocycles. The first kappa shape index (κ1) is 19.5. The van der Waals surface area contributed by atoms with Crippen LogP contribution < -0.4 is 0 Å². The lowest BCUT2D eigenvalue weighted by atomic mass is 9.99. The van der Waals surface area contributed by atoms with E-state index in [4.69, 9.17) is 28.4 Å². The molecule has 1 aromatic rings. The molecule has 5 rings (SSSR count). The van der Waals surface area contributed by atoms with Crippen LogP contribution in [0.25, 0.3) is 0 Å². The molecule has 0 aromatic heterocycles. The Balaban J connectivity index is 1.23. The summed E-state index contributed by atoms with van der Waals surface area (Å²) in [5.74, 6) is -1.57. The van der Waals surface area contributed by atoms with Crippen molar-refractivity contribution in [2.75, 3.05) is 6.61 Å². The minimum atomic E-state index is -0.765. The van der Waals surface area contributed by atoms with Crippen LogP contribution in [0.15, 0.2) is 30.3 Å². The van der Waals surface area contributed by atoms with Crippen LogP contribution in [0.3, 0.4) is 0 Å². The van der Waals surface area contributed by atoms with Crippen molar-refractivity contribution in [1.82, 2.24) is 0 Å². The number of rotatable bonds is 4. The first-order chi connectivity index (χ1) is 13.7. The summed E-state index contributed by atoms with van der Waals surface area (Å²) in [4.78, 5) is 12.6. The van der Waals surface area contributed by atoms with Crippen LogP contribution in [0.4, 0.5) is 0 Å². The normalized spacial score (nSPS) is 41.4. The Morgan fingerprint density at radius 2 is 1.62 bits per heavy atom. The second-order valence-corrected chi connectivity index (χ2v) is 9.20. The van der Waals surface area contributed by atoms with Gasteiger partial charge in [-0.1, -0.05) is 30.3 Å². The zero-order chi connectivity index (χ0) is 20.4. The van der Waals surface area contributed by atoms with E-state index in [2.05, 4.69) is 12.1 Å². The molecule has 3 saturated heterocycles. The smallest absolute Gasteiger partial charge is 0.309 e. The highest BCUT2D eigenvalue weighted by Gasteiger charge is 2.61. The van der Waals surface area contributed by atoms with Crippen LogP contribution in [0.2, 0.25) is 0 Å². The van der Waals surface area contributed by atoms with Gasteiger partial charge in [0.25, 0.3) is 0 Å². The number of fused-ring (bicyclic) bond motifs is 3. The monoisotopic (exact) mass is 404 g/mol. The molecule has 0 unspecified atom stereocenters. The molecule has 7 heteroatoms. The maximum absolute atomic E-state index is 12.6. The predicted molar refractivity (Wildman–Crippen MR) is 101 cm³/mol. The molecular weight excluding hydrogens is 376 g/mol. The topological polar surface area (TPSA) is 72.5 Å². The van der Waals surface area contributed by atoms with E-state index >= 15 is 0 Å². The second-order valence-electron chi connectivity index (χ2n) is 9.20. The number of esters is 1. The Labute approximate surface area is 170 Å². The maximum Gasteiger partial charge on any atom is 0.309 e. The highest BCUT2D eigenvalue weighted by molar-refractivity contribution is 5.77. The van der Waals surface area contributed by atoms with Crippen LogP contribution in [0.1, 0.15) is 45.6 Å². The van der Waals surface area contributed by atoms with Crippen molar-refractivity contribution in [1.29, 1.82) is 0 Å². The fraction of sp³-hybridized carbons (Fsp3) is 0.682. The summed E-state index contributed by atoms with van der Waals surface area (Å²) in [7, 11) is 0. The lowest BCUT2D eigenvalue weighted by molar-refractivity contribution is -0.242.